The third kappa shape index (κ3) is 3.58. The second-order valence-corrected chi connectivity index (χ2v) is 3.31. The predicted octanol–water partition coefficient (Wildman–Crippen LogP) is 0.962. The highest BCUT2D eigenvalue weighted by Crippen LogP contribution is 2.11. The monoisotopic (exact) mass is 207 g/mol. The van der Waals surface area contributed by atoms with Crippen LogP contribution in [0.15, 0.2) is 18.3 Å². The van der Waals surface area contributed by atoms with Crippen LogP contribution >= 0.6 is 0 Å². The predicted molar refractivity (Wildman–Crippen MR) is 60.9 cm³/mol. The van der Waals surface area contributed by atoms with E-state index in [0.717, 1.165) is 30.9 Å². The Morgan fingerprint density at radius 3 is 2.87 bits per heavy atom. The topological polar surface area (TPSA) is 45.2 Å². The zero-order valence-electron chi connectivity index (χ0n) is 9.23. The Morgan fingerprint density at radius 2 is 2.33 bits per heavy atom. The number of nitrogens with zero attached hydrogens (tertiary/aromatic N) is 2. The van der Waals surface area contributed by atoms with Gasteiger partial charge in [-0.2, -0.15) is 0 Å². The van der Waals surface area contributed by atoms with E-state index in [-0.39, 0.29) is 0 Å². The van der Waals surface area contributed by atoms with Gasteiger partial charge in [0, 0.05) is 25.3 Å². The first-order valence-electron chi connectivity index (χ1n) is 5.12. The molecule has 0 radical (unpaired) electrons. The number of carbonyl (C=O) groups excluding carboxylic acids is 1. The summed E-state index contributed by atoms with van der Waals surface area (Å²) in [5.41, 5.74) is 2.11. The van der Waals surface area contributed by atoms with Gasteiger partial charge in [0.05, 0.1) is 11.9 Å². The standard InChI is InChI=1S/C11H17N3O/c1-3-14(7-6-12-9-15)11-5-4-10(2)13-8-11/h4-5,8-9H,3,6-7H2,1-2H3,(H,12,15). The molecule has 82 valence electrons. The number of hydrogen-bond donors (Lipinski definition) is 1. The molecule has 1 aromatic rings. The summed E-state index contributed by atoms with van der Waals surface area (Å²) in [6.07, 6.45) is 2.58. The van der Waals surface area contributed by atoms with Crippen molar-refractivity contribution in [1.82, 2.24) is 10.3 Å². The number of amides is 1. The van der Waals surface area contributed by atoms with E-state index in [1.165, 1.54) is 0 Å². The first-order chi connectivity index (χ1) is 7.27. The van der Waals surface area contributed by atoms with Crippen molar-refractivity contribution in [3.63, 3.8) is 0 Å². The van der Waals surface area contributed by atoms with Crippen LogP contribution in [0.3, 0.4) is 0 Å². The number of nitrogens with one attached hydrogen (secondary N) is 1. The third-order valence-corrected chi connectivity index (χ3v) is 2.25. The first kappa shape index (κ1) is 11.5. The molecule has 4 heteroatoms. The van der Waals surface area contributed by atoms with E-state index < -0.39 is 0 Å². The number of hydrogen-bond acceptors (Lipinski definition) is 3. The number of anilines is 1. The van der Waals surface area contributed by atoms with Crippen LogP contribution in [0.5, 0.6) is 0 Å². The molecule has 15 heavy (non-hydrogen) atoms. The van der Waals surface area contributed by atoms with Crippen molar-refractivity contribution in [2.75, 3.05) is 24.5 Å². The van der Waals surface area contributed by atoms with Gasteiger partial charge < -0.3 is 10.2 Å². The normalized spacial score (nSPS) is 9.73. The van der Waals surface area contributed by atoms with Crippen LogP contribution in [0.1, 0.15) is 12.6 Å². The molecule has 0 fully saturated rings. The first-order valence-corrected chi connectivity index (χ1v) is 5.12. The van der Waals surface area contributed by atoms with Gasteiger partial charge in [-0.3, -0.25) is 9.78 Å². The van der Waals surface area contributed by atoms with Crippen LogP contribution in [-0.2, 0) is 4.79 Å². The quantitative estimate of drug-likeness (QED) is 0.558. The number of pyridine rings is 1. The summed E-state index contributed by atoms with van der Waals surface area (Å²) in [6, 6.07) is 4.04. The van der Waals surface area contributed by atoms with Gasteiger partial charge in [0.15, 0.2) is 0 Å². The lowest BCUT2D eigenvalue weighted by Crippen LogP contribution is -2.31. The molecule has 0 atom stereocenters. The smallest absolute Gasteiger partial charge is 0.207 e. The molecule has 0 aliphatic carbocycles. The Balaban J connectivity index is 2.57. The van der Waals surface area contributed by atoms with Crippen molar-refractivity contribution < 1.29 is 4.79 Å². The van der Waals surface area contributed by atoms with E-state index in [0.29, 0.717) is 6.54 Å². The molecule has 1 N–H and O–H groups in total. The molecule has 0 bridgehead atoms. The molecular weight excluding hydrogens is 190 g/mol. The maximum absolute atomic E-state index is 10.1. The van der Waals surface area contributed by atoms with Crippen molar-refractivity contribution in [3.8, 4) is 0 Å². The molecule has 1 amide bonds. The molecule has 1 aromatic heterocycles. The van der Waals surface area contributed by atoms with Crippen molar-refractivity contribution in [1.29, 1.82) is 0 Å². The van der Waals surface area contributed by atoms with Crippen LogP contribution in [0.25, 0.3) is 0 Å². The highest BCUT2D eigenvalue weighted by Gasteiger charge is 2.03. The molecule has 0 spiro atoms. The fourth-order valence-electron chi connectivity index (χ4n) is 1.38. The van der Waals surface area contributed by atoms with E-state index in [1.807, 2.05) is 25.3 Å². The molecule has 0 saturated carbocycles. The second kappa shape index (κ2) is 6.01. The molecule has 4 nitrogen and oxygen atoms in total. The molecule has 0 aliphatic rings. The van der Waals surface area contributed by atoms with Crippen LogP contribution < -0.4 is 10.2 Å². The number of aromatic nitrogens is 1. The van der Waals surface area contributed by atoms with E-state index in [4.69, 9.17) is 0 Å². The number of carbonyl (C=O) groups is 1. The number of aryl methyl sites for hydroxylation is 1. The lowest BCUT2D eigenvalue weighted by Gasteiger charge is -2.22. The van der Waals surface area contributed by atoms with Gasteiger partial charge in [-0.1, -0.05) is 0 Å². The molecule has 0 aromatic carbocycles. The summed E-state index contributed by atoms with van der Waals surface area (Å²) in [5.74, 6) is 0. The largest absolute Gasteiger partial charge is 0.369 e. The summed E-state index contributed by atoms with van der Waals surface area (Å²) < 4.78 is 0. The SMILES string of the molecule is CCN(CCNC=O)c1ccc(C)nc1. The third-order valence-electron chi connectivity index (χ3n) is 2.25. The Hall–Kier alpha value is -1.58. The Morgan fingerprint density at radius 1 is 1.53 bits per heavy atom. The average molecular weight is 207 g/mol. The van der Waals surface area contributed by atoms with Gasteiger partial charge >= 0.3 is 0 Å². The minimum atomic E-state index is 0.658. The zero-order valence-corrected chi connectivity index (χ0v) is 9.23. The van der Waals surface area contributed by atoms with Crippen molar-refractivity contribution in [2.24, 2.45) is 0 Å². The average Bonchev–Trinajstić information content (AvgIpc) is 2.26. The molecule has 1 rings (SSSR count). The minimum absolute atomic E-state index is 0.658. The number of likely N-dealkylation sites (N-methyl/N-ethyl adjacent to an activating group) is 1. The van der Waals surface area contributed by atoms with E-state index in [1.54, 1.807) is 0 Å². The summed E-state index contributed by atoms with van der Waals surface area (Å²) in [7, 11) is 0. The van der Waals surface area contributed by atoms with E-state index >= 15 is 0 Å². The van der Waals surface area contributed by atoms with Crippen molar-refractivity contribution >= 4 is 12.1 Å². The highest BCUT2D eigenvalue weighted by molar-refractivity contribution is 5.47. The highest BCUT2D eigenvalue weighted by atomic mass is 16.1. The molecular formula is C11H17N3O. The summed E-state index contributed by atoms with van der Waals surface area (Å²) in [5, 5.41) is 2.65. The van der Waals surface area contributed by atoms with Crippen LogP contribution in [0.4, 0.5) is 5.69 Å². The lowest BCUT2D eigenvalue weighted by molar-refractivity contribution is -0.109. The molecule has 0 aliphatic heterocycles. The van der Waals surface area contributed by atoms with Crippen molar-refractivity contribution in [2.45, 2.75) is 13.8 Å². The minimum Gasteiger partial charge on any atom is -0.369 e. The summed E-state index contributed by atoms with van der Waals surface area (Å²) >= 11 is 0. The van der Waals surface area contributed by atoms with Crippen molar-refractivity contribution in [3.05, 3.63) is 24.0 Å². The molecule has 1 heterocycles. The fourth-order valence-corrected chi connectivity index (χ4v) is 1.38. The number of rotatable bonds is 6. The lowest BCUT2D eigenvalue weighted by atomic mass is 10.3. The maximum Gasteiger partial charge on any atom is 0.207 e. The maximum atomic E-state index is 10.1. The Kier molecular flexibility index (Phi) is 4.60. The zero-order chi connectivity index (χ0) is 11.1. The summed E-state index contributed by atoms with van der Waals surface area (Å²) in [6.45, 7) is 6.42. The van der Waals surface area contributed by atoms with Crippen LogP contribution in [-0.4, -0.2) is 31.0 Å². The Bertz CT molecular complexity index is 297. The Labute approximate surface area is 90.3 Å². The second-order valence-electron chi connectivity index (χ2n) is 3.31. The van der Waals surface area contributed by atoms with E-state index in [9.17, 15) is 4.79 Å². The molecule has 0 unspecified atom stereocenters. The molecule has 0 saturated heterocycles. The van der Waals surface area contributed by atoms with Gasteiger partial charge in [0.2, 0.25) is 6.41 Å². The van der Waals surface area contributed by atoms with Crippen LogP contribution in [0, 0.1) is 6.92 Å². The van der Waals surface area contributed by atoms with Gasteiger partial charge in [-0.15, -0.1) is 0 Å². The fraction of sp³-hybridized carbons (Fsp3) is 0.455. The van der Waals surface area contributed by atoms with E-state index in [2.05, 4.69) is 22.1 Å². The van der Waals surface area contributed by atoms with Crippen LogP contribution in [0.2, 0.25) is 0 Å². The summed E-state index contributed by atoms with van der Waals surface area (Å²) in [4.78, 5) is 16.5. The van der Waals surface area contributed by atoms with Gasteiger partial charge in [-0.05, 0) is 26.0 Å². The van der Waals surface area contributed by atoms with Gasteiger partial charge in [-0.25, -0.2) is 0 Å². The van der Waals surface area contributed by atoms with Gasteiger partial charge in [0.1, 0.15) is 0 Å². The van der Waals surface area contributed by atoms with Gasteiger partial charge in [0.25, 0.3) is 0 Å².